The number of halogens is 4. The number of piperazine rings is 1. The zero-order chi connectivity index (χ0) is 21.0. The second-order valence-electron chi connectivity index (χ2n) is 6.88. The summed E-state index contributed by atoms with van der Waals surface area (Å²) >= 11 is 7.28. The predicted molar refractivity (Wildman–Crippen MR) is 108 cm³/mol. The van der Waals surface area contributed by atoms with Crippen molar-refractivity contribution in [3.63, 3.8) is 0 Å². The van der Waals surface area contributed by atoms with Gasteiger partial charge in [-0.25, -0.2) is 4.98 Å². The van der Waals surface area contributed by atoms with Gasteiger partial charge in [-0.2, -0.15) is 13.2 Å². The number of alkyl halides is 3. The van der Waals surface area contributed by atoms with E-state index in [0.717, 1.165) is 48.9 Å². The van der Waals surface area contributed by atoms with Gasteiger partial charge in [-0.15, -0.1) is 11.3 Å². The molecule has 0 radical (unpaired) electrons. The third-order valence-corrected chi connectivity index (χ3v) is 6.05. The molecule has 10 heteroatoms. The highest BCUT2D eigenvalue weighted by molar-refractivity contribution is 7.09. The van der Waals surface area contributed by atoms with Crippen molar-refractivity contribution >= 4 is 34.5 Å². The highest BCUT2D eigenvalue weighted by atomic mass is 35.5. The second-order valence-corrected chi connectivity index (χ2v) is 8.23. The van der Waals surface area contributed by atoms with Gasteiger partial charge in [-0.05, 0) is 24.6 Å². The van der Waals surface area contributed by atoms with Gasteiger partial charge in [0.2, 0.25) is 5.91 Å². The molecular formula is C19H22ClF3N4OS. The first-order chi connectivity index (χ1) is 13.7. The molecule has 0 spiro atoms. The van der Waals surface area contributed by atoms with Crippen LogP contribution in [-0.4, -0.2) is 53.4 Å². The fourth-order valence-corrected chi connectivity index (χ4v) is 4.10. The van der Waals surface area contributed by atoms with Gasteiger partial charge in [0.25, 0.3) is 0 Å². The van der Waals surface area contributed by atoms with Crippen molar-refractivity contribution in [3.8, 4) is 0 Å². The predicted octanol–water partition coefficient (Wildman–Crippen LogP) is 4.13. The van der Waals surface area contributed by atoms with Gasteiger partial charge in [0, 0.05) is 43.8 Å². The Balaban J connectivity index is 1.47. The molecular weight excluding hydrogens is 425 g/mol. The smallest absolute Gasteiger partial charge is 0.325 e. The van der Waals surface area contributed by atoms with Gasteiger partial charge in [-0.3, -0.25) is 14.6 Å². The number of hydrogen-bond donors (Lipinski definition) is 1. The first kappa shape index (κ1) is 22.0. The van der Waals surface area contributed by atoms with Crippen LogP contribution in [0.15, 0.2) is 23.6 Å². The number of carbonyl (C=O) groups is 1. The summed E-state index contributed by atoms with van der Waals surface area (Å²) in [5.41, 5.74) is 0.195. The van der Waals surface area contributed by atoms with Crippen LogP contribution < -0.4 is 5.32 Å². The number of nitrogens with zero attached hydrogens (tertiary/aromatic N) is 3. The van der Waals surface area contributed by atoms with Gasteiger partial charge in [0.15, 0.2) is 0 Å². The van der Waals surface area contributed by atoms with Crippen molar-refractivity contribution in [1.29, 1.82) is 0 Å². The molecule has 0 bridgehead atoms. The van der Waals surface area contributed by atoms with Crippen LogP contribution >= 0.6 is 22.9 Å². The monoisotopic (exact) mass is 446 g/mol. The van der Waals surface area contributed by atoms with Gasteiger partial charge in [0.1, 0.15) is 0 Å². The van der Waals surface area contributed by atoms with Crippen LogP contribution in [0.4, 0.5) is 18.9 Å². The van der Waals surface area contributed by atoms with Crippen LogP contribution in [0, 0.1) is 0 Å². The van der Waals surface area contributed by atoms with E-state index in [9.17, 15) is 18.0 Å². The van der Waals surface area contributed by atoms with Crippen molar-refractivity contribution in [2.24, 2.45) is 0 Å². The van der Waals surface area contributed by atoms with E-state index in [1.165, 1.54) is 6.07 Å². The summed E-state index contributed by atoms with van der Waals surface area (Å²) in [4.78, 5) is 21.1. The first-order valence-corrected chi connectivity index (χ1v) is 10.5. The molecule has 158 valence electrons. The summed E-state index contributed by atoms with van der Waals surface area (Å²) in [6.07, 6.45) is -3.63. The first-order valence-electron chi connectivity index (χ1n) is 9.29. The molecule has 1 aromatic heterocycles. The molecule has 29 heavy (non-hydrogen) atoms. The lowest BCUT2D eigenvalue weighted by Gasteiger charge is -2.33. The largest absolute Gasteiger partial charge is 0.417 e. The number of amides is 1. The summed E-state index contributed by atoms with van der Waals surface area (Å²) in [5, 5.41) is 5.35. The van der Waals surface area contributed by atoms with Crippen LogP contribution in [0.1, 0.15) is 23.2 Å². The van der Waals surface area contributed by atoms with Crippen molar-refractivity contribution in [2.75, 3.05) is 38.0 Å². The van der Waals surface area contributed by atoms with Crippen LogP contribution in [0.2, 0.25) is 5.02 Å². The summed E-state index contributed by atoms with van der Waals surface area (Å²) in [7, 11) is 0. The van der Waals surface area contributed by atoms with E-state index in [0.29, 0.717) is 13.1 Å². The Morgan fingerprint density at radius 3 is 2.55 bits per heavy atom. The minimum absolute atomic E-state index is 0.0839. The Morgan fingerprint density at radius 1 is 1.24 bits per heavy atom. The molecule has 1 fully saturated rings. The molecule has 1 N–H and O–H groups in total. The lowest BCUT2D eigenvalue weighted by molar-refractivity contribution is -0.137. The Kier molecular flexibility index (Phi) is 7.15. The molecule has 2 heterocycles. The third kappa shape index (κ3) is 6.15. The maximum atomic E-state index is 12.9. The highest BCUT2D eigenvalue weighted by Gasteiger charge is 2.33. The topological polar surface area (TPSA) is 48.5 Å². The summed E-state index contributed by atoms with van der Waals surface area (Å²) in [6, 6.07) is 3.36. The van der Waals surface area contributed by atoms with Gasteiger partial charge < -0.3 is 5.32 Å². The molecule has 2 aromatic rings. The van der Waals surface area contributed by atoms with E-state index in [1.807, 2.05) is 4.90 Å². The summed E-state index contributed by atoms with van der Waals surface area (Å²) in [6.45, 7) is 6.06. The van der Waals surface area contributed by atoms with Crippen LogP contribution in [0.3, 0.4) is 0 Å². The van der Waals surface area contributed by atoms with Gasteiger partial charge in [-0.1, -0.05) is 18.5 Å². The summed E-state index contributed by atoms with van der Waals surface area (Å²) in [5.74, 6) is -0.346. The molecule has 1 amide bonds. The van der Waals surface area contributed by atoms with Crippen LogP contribution in [0.5, 0.6) is 0 Å². The molecule has 0 aliphatic carbocycles. The molecule has 3 rings (SSSR count). The number of anilines is 1. The molecule has 5 nitrogen and oxygen atoms in total. The number of thiazole rings is 1. The Bertz CT molecular complexity index is 850. The lowest BCUT2D eigenvalue weighted by atomic mass is 10.2. The molecule has 1 aliphatic heterocycles. The minimum atomic E-state index is -4.57. The van der Waals surface area contributed by atoms with Gasteiger partial charge in [0.05, 0.1) is 27.8 Å². The fraction of sp³-hybridized carbons (Fsp3) is 0.474. The number of rotatable bonds is 6. The Morgan fingerprint density at radius 2 is 1.93 bits per heavy atom. The Hall–Kier alpha value is -1.68. The molecule has 0 saturated carbocycles. The number of benzene rings is 1. The normalized spacial score (nSPS) is 16.2. The minimum Gasteiger partial charge on any atom is -0.325 e. The highest BCUT2D eigenvalue weighted by Crippen LogP contribution is 2.36. The maximum Gasteiger partial charge on any atom is 0.417 e. The average Bonchev–Trinajstić information content (AvgIpc) is 3.11. The molecule has 0 unspecified atom stereocenters. The van der Waals surface area contributed by atoms with E-state index < -0.39 is 16.8 Å². The van der Waals surface area contributed by atoms with Crippen LogP contribution in [-0.2, 0) is 23.9 Å². The lowest BCUT2D eigenvalue weighted by Crippen LogP contribution is -2.48. The maximum absolute atomic E-state index is 12.9. The van der Waals surface area contributed by atoms with Crippen molar-refractivity contribution in [2.45, 2.75) is 26.1 Å². The number of aromatic nitrogens is 1. The molecule has 1 aliphatic rings. The number of hydrogen-bond acceptors (Lipinski definition) is 5. The van der Waals surface area contributed by atoms with Crippen LogP contribution in [0.25, 0.3) is 0 Å². The standard InChI is InChI=1S/C19H22ClF3N4OS/c1-2-18-25-14(12-29-18)10-26-5-7-27(8-6-26)11-17(28)24-13-3-4-16(20)15(9-13)19(21,22)23/h3-4,9,12H,2,5-8,10-11H2,1H3,(H,24,28). The van der Waals surface area contributed by atoms with Crippen molar-refractivity contribution in [3.05, 3.63) is 44.9 Å². The summed E-state index contributed by atoms with van der Waals surface area (Å²) < 4.78 is 38.8. The van der Waals surface area contributed by atoms with Gasteiger partial charge >= 0.3 is 6.18 Å². The molecule has 1 aromatic carbocycles. The Labute approximate surface area is 176 Å². The number of aryl methyl sites for hydroxylation is 1. The number of nitrogens with one attached hydrogen (secondary N) is 1. The van der Waals surface area contributed by atoms with E-state index in [1.54, 1.807) is 11.3 Å². The van der Waals surface area contributed by atoms with E-state index in [-0.39, 0.29) is 18.1 Å². The SMILES string of the molecule is CCc1nc(CN2CCN(CC(=O)Nc3ccc(Cl)c(C(F)(F)F)c3)CC2)cs1. The third-order valence-electron chi connectivity index (χ3n) is 4.68. The number of carbonyl (C=O) groups excluding carboxylic acids is 1. The van der Waals surface area contributed by atoms with E-state index >= 15 is 0 Å². The quantitative estimate of drug-likeness (QED) is 0.724. The van der Waals surface area contributed by atoms with E-state index in [4.69, 9.17) is 11.6 Å². The van der Waals surface area contributed by atoms with Crippen molar-refractivity contribution in [1.82, 2.24) is 14.8 Å². The zero-order valence-corrected chi connectivity index (χ0v) is 17.5. The molecule has 1 saturated heterocycles. The zero-order valence-electron chi connectivity index (χ0n) is 15.9. The van der Waals surface area contributed by atoms with E-state index in [2.05, 4.69) is 27.5 Å². The second kappa shape index (κ2) is 9.42. The molecule has 0 atom stereocenters. The fourth-order valence-electron chi connectivity index (χ4n) is 3.14. The van der Waals surface area contributed by atoms with Crippen molar-refractivity contribution < 1.29 is 18.0 Å². The average molecular weight is 447 g/mol.